The normalized spacial score (nSPS) is 33.8. The maximum absolute atomic E-state index is 13.4. The van der Waals surface area contributed by atoms with Gasteiger partial charge in [0.25, 0.3) is 0 Å². The number of nitrogens with two attached hydrogens (primary N) is 2. The molecular formula is C52H58Cl2N10O20P2. The van der Waals surface area contributed by atoms with Crippen molar-refractivity contribution in [2.75, 3.05) is 64.3 Å². The lowest BCUT2D eigenvalue weighted by Gasteiger charge is -2.30. The van der Waals surface area contributed by atoms with Gasteiger partial charge in [0.05, 0.1) is 63.5 Å². The minimum atomic E-state index is -4.01. The molecule has 8 aliphatic rings. The van der Waals surface area contributed by atoms with Gasteiger partial charge in [-0.05, 0) is 74.9 Å². The topological polar surface area (TPSA) is 355 Å². The molecule has 8 aliphatic heterocycles. The van der Waals surface area contributed by atoms with Gasteiger partial charge in [-0.3, -0.25) is 36.3 Å². The third kappa shape index (κ3) is 11.8. The lowest BCUT2D eigenvalue weighted by atomic mass is 9.96. The summed E-state index contributed by atoms with van der Waals surface area (Å²) >= 11 is 12.2. The summed E-state index contributed by atoms with van der Waals surface area (Å²) in [5.41, 5.74) is 12.1. The number of imidazole rings is 2. The van der Waals surface area contributed by atoms with E-state index < -0.39 is 88.2 Å². The maximum atomic E-state index is 13.4. The third-order valence-electron chi connectivity index (χ3n) is 15.6. The Labute approximate surface area is 499 Å². The van der Waals surface area contributed by atoms with Crippen LogP contribution in [0.5, 0.6) is 11.8 Å². The second-order valence-electron chi connectivity index (χ2n) is 21.5. The predicted octanol–water partition coefficient (Wildman–Crippen LogP) is 8.23. The SMILES string of the molecule is C[C@@]12OC(=O)O[C@@H]1[C@@H](CO[P@@]1(=O)OCC[C@@H](c3cccc(Cl)c3)O1)O[C@H]2n1cnc2c(OC[C@@H]3CCCO3)nc(N)nc21.C[C@@]12OC(=O)O[C@@H]1[C@@H](CO[P@@]1(=O)OCC[C@@H](c3cccc(Cl)c3)O1)O[C@H]2n1cnc2c(OC[C@H]3CCCO3)nc(N)nc21. The van der Waals surface area contributed by atoms with Crippen LogP contribution in [0.25, 0.3) is 22.3 Å². The number of nitrogen functional groups attached to an aromatic ring is 2. The monoisotopic (exact) mass is 1270 g/mol. The summed E-state index contributed by atoms with van der Waals surface area (Å²) in [6.45, 7) is 4.93. The number of hydrogen-bond donors (Lipinski definition) is 2. The van der Waals surface area contributed by atoms with Gasteiger partial charge in [-0.15, -0.1) is 0 Å². The molecule has 0 radical (unpaired) electrons. The van der Waals surface area contributed by atoms with Gasteiger partial charge >= 0.3 is 28.0 Å². The number of nitrogens with zero attached hydrogens (tertiary/aromatic N) is 8. The number of halogens is 2. The first-order valence-corrected chi connectivity index (χ1v) is 31.3. The molecule has 460 valence electrons. The van der Waals surface area contributed by atoms with Gasteiger partial charge in [-0.1, -0.05) is 47.5 Å². The van der Waals surface area contributed by atoms with Gasteiger partial charge in [-0.2, -0.15) is 19.9 Å². The molecule has 12 heterocycles. The molecule has 4 aromatic heterocycles. The van der Waals surface area contributed by atoms with E-state index in [2.05, 4.69) is 29.9 Å². The number of phosphoric acid groups is 2. The average Bonchev–Trinajstić information content (AvgIpc) is 1.85. The molecule has 14 rings (SSSR count). The summed E-state index contributed by atoms with van der Waals surface area (Å²) in [7, 11) is -8.03. The first kappa shape index (κ1) is 58.9. The van der Waals surface area contributed by atoms with Crippen molar-refractivity contribution in [2.45, 2.75) is 125 Å². The van der Waals surface area contributed by atoms with E-state index in [1.807, 2.05) is 12.1 Å². The molecule has 0 saturated carbocycles. The molecular weight excluding hydrogens is 1220 g/mol. The van der Waals surface area contributed by atoms with E-state index in [9.17, 15) is 18.7 Å². The van der Waals surface area contributed by atoms with Crippen LogP contribution >= 0.6 is 38.8 Å². The minimum absolute atomic E-state index is 0.0465. The van der Waals surface area contributed by atoms with Crippen molar-refractivity contribution in [1.82, 2.24) is 39.0 Å². The highest BCUT2D eigenvalue weighted by atomic mass is 35.5. The van der Waals surface area contributed by atoms with Crippen LogP contribution in [-0.2, 0) is 74.2 Å². The van der Waals surface area contributed by atoms with Crippen molar-refractivity contribution in [3.8, 4) is 11.8 Å². The van der Waals surface area contributed by atoms with Crippen molar-refractivity contribution in [1.29, 1.82) is 0 Å². The number of aromatic nitrogens is 8. The van der Waals surface area contributed by atoms with Gasteiger partial charge < -0.3 is 58.8 Å². The zero-order chi connectivity index (χ0) is 59.5. The van der Waals surface area contributed by atoms with Crippen LogP contribution < -0.4 is 20.9 Å². The molecule has 4 N–H and O–H groups in total. The molecule has 0 bridgehead atoms. The second-order valence-corrected chi connectivity index (χ2v) is 25.7. The zero-order valence-electron chi connectivity index (χ0n) is 46.0. The van der Waals surface area contributed by atoms with Crippen LogP contribution in [0, 0.1) is 0 Å². The quantitative estimate of drug-likeness (QED) is 0.0680. The van der Waals surface area contributed by atoms with Gasteiger partial charge in [-0.25, -0.2) is 28.7 Å². The van der Waals surface area contributed by atoms with Crippen molar-refractivity contribution < 1.29 is 93.2 Å². The summed E-state index contributed by atoms with van der Waals surface area (Å²) < 4.78 is 122. The molecule has 0 aliphatic carbocycles. The fourth-order valence-corrected chi connectivity index (χ4v) is 14.7. The number of anilines is 2. The molecule has 34 heteroatoms. The Balaban J connectivity index is 0.000000160. The first-order chi connectivity index (χ1) is 41.4. The van der Waals surface area contributed by atoms with E-state index >= 15 is 0 Å². The lowest BCUT2D eigenvalue weighted by molar-refractivity contribution is -0.0927. The summed E-state index contributed by atoms with van der Waals surface area (Å²) in [6.07, 6.45) is -1.09. The van der Waals surface area contributed by atoms with Gasteiger partial charge in [0.2, 0.25) is 23.7 Å². The fraction of sp³-hybridized carbons (Fsp3) is 0.538. The Morgan fingerprint density at radius 2 is 1.06 bits per heavy atom. The standard InChI is InChI=1S/2C26H29ClN5O10P/c2*1-26-20(40-25(33)41-26)18(12-38-43(34)37-9-7-17(42-43)14-4-2-5-15(27)10-14)39-23(26)32-13-29-19-21(32)30-24(28)31-22(19)36-11-16-6-3-8-35-16/h2*2,4-5,10,13,16-18,20,23H,3,6-9,11-12H2,1H3,(H2,28,30,31)/t16-,17+,18-,20-,23-,26-,43-;16-,17-,18+,20+,23+,26+,43+/m10/s1. The molecule has 2 aromatic carbocycles. The Bertz CT molecular complexity index is 3410. The summed E-state index contributed by atoms with van der Waals surface area (Å²) in [5.74, 6) is 0.287. The molecule has 86 heavy (non-hydrogen) atoms. The van der Waals surface area contributed by atoms with E-state index in [1.165, 1.54) is 12.7 Å². The minimum Gasteiger partial charge on any atom is -0.473 e. The van der Waals surface area contributed by atoms with Crippen molar-refractivity contribution in [3.63, 3.8) is 0 Å². The number of carbonyl (C=O) groups is 2. The molecule has 0 amide bonds. The highest BCUT2D eigenvalue weighted by Crippen LogP contribution is 2.60. The Hall–Kier alpha value is -6.08. The summed E-state index contributed by atoms with van der Waals surface area (Å²) in [6, 6.07) is 14.1. The lowest BCUT2D eigenvalue weighted by Crippen LogP contribution is -2.42. The van der Waals surface area contributed by atoms with Crippen molar-refractivity contribution >= 4 is 85.4 Å². The number of ether oxygens (including phenoxy) is 10. The predicted molar refractivity (Wildman–Crippen MR) is 295 cm³/mol. The second kappa shape index (κ2) is 23.8. The molecule has 6 aromatic rings. The zero-order valence-corrected chi connectivity index (χ0v) is 49.3. The number of hydrogen-bond acceptors (Lipinski definition) is 28. The largest absolute Gasteiger partial charge is 0.509 e. The van der Waals surface area contributed by atoms with Crippen molar-refractivity contribution in [3.05, 3.63) is 82.4 Å². The molecule has 14 atom stereocenters. The van der Waals surface area contributed by atoms with Crippen LogP contribution in [0.1, 0.15) is 88.2 Å². The smallest absolute Gasteiger partial charge is 0.473 e. The van der Waals surface area contributed by atoms with Gasteiger partial charge in [0, 0.05) is 36.1 Å². The summed E-state index contributed by atoms with van der Waals surface area (Å²) in [4.78, 5) is 50.7. The van der Waals surface area contributed by atoms with E-state index in [1.54, 1.807) is 59.4 Å². The maximum Gasteiger partial charge on any atom is 0.509 e. The average molecular weight is 1280 g/mol. The highest BCUT2D eigenvalue weighted by molar-refractivity contribution is 7.48. The Morgan fingerprint density at radius 1 is 0.616 bits per heavy atom. The number of phosphoric ester groups is 2. The molecule has 8 fully saturated rings. The van der Waals surface area contributed by atoms with Crippen LogP contribution in [0.3, 0.4) is 0 Å². The van der Waals surface area contributed by atoms with Crippen LogP contribution in [0.15, 0.2) is 61.2 Å². The van der Waals surface area contributed by atoms with Crippen LogP contribution in [-0.4, -0.2) is 152 Å². The van der Waals surface area contributed by atoms with Crippen molar-refractivity contribution in [2.24, 2.45) is 0 Å². The summed E-state index contributed by atoms with van der Waals surface area (Å²) in [5, 5.41) is 1.05. The number of carbonyl (C=O) groups excluding carboxylic acids is 2. The molecule has 30 nitrogen and oxygen atoms in total. The molecule has 8 saturated heterocycles. The highest BCUT2D eigenvalue weighted by Gasteiger charge is 2.66. The Kier molecular flexibility index (Phi) is 16.3. The molecule has 0 unspecified atom stereocenters. The van der Waals surface area contributed by atoms with Crippen LogP contribution in [0.4, 0.5) is 21.5 Å². The van der Waals surface area contributed by atoms with E-state index in [0.717, 1.165) is 36.8 Å². The van der Waals surface area contributed by atoms with Gasteiger partial charge in [0.1, 0.15) is 25.4 Å². The van der Waals surface area contributed by atoms with Crippen LogP contribution in [0.2, 0.25) is 10.0 Å². The van der Waals surface area contributed by atoms with E-state index in [4.69, 9.17) is 109 Å². The number of benzene rings is 2. The van der Waals surface area contributed by atoms with E-state index in [0.29, 0.717) is 58.4 Å². The first-order valence-electron chi connectivity index (χ1n) is 27.7. The molecule has 0 spiro atoms. The third-order valence-corrected chi connectivity index (χ3v) is 19.1. The van der Waals surface area contributed by atoms with Gasteiger partial charge in [0.15, 0.2) is 58.2 Å². The number of rotatable bonds is 16. The van der Waals surface area contributed by atoms with E-state index in [-0.39, 0.29) is 75.5 Å². The number of fused-ring (bicyclic) bond motifs is 4. The Morgan fingerprint density at radius 3 is 1.47 bits per heavy atom. The fourth-order valence-electron chi connectivity index (χ4n) is 11.5.